The molecule has 2 heterocycles. The number of imidazole rings is 1. The molecule has 1 aliphatic rings. The fourth-order valence-electron chi connectivity index (χ4n) is 3.79. The summed E-state index contributed by atoms with van der Waals surface area (Å²) in [6.07, 6.45) is 6.66. The van der Waals surface area contributed by atoms with Gasteiger partial charge >= 0.3 is 5.97 Å². The van der Waals surface area contributed by atoms with Gasteiger partial charge in [0, 0.05) is 24.5 Å². The Kier molecular flexibility index (Phi) is 6.99. The number of nitrogens with zero attached hydrogens (tertiary/aromatic N) is 3. The van der Waals surface area contributed by atoms with Gasteiger partial charge in [-0.2, -0.15) is 0 Å². The number of benzene rings is 2. The highest BCUT2D eigenvalue weighted by Crippen LogP contribution is 2.37. The maximum Gasteiger partial charge on any atom is 0.338 e. The summed E-state index contributed by atoms with van der Waals surface area (Å²) in [5.41, 5.74) is 1.81. The number of carbonyl (C=O) groups excluding carboxylic acids is 2. The van der Waals surface area contributed by atoms with Crippen LogP contribution in [0.4, 0.5) is 5.69 Å². The van der Waals surface area contributed by atoms with E-state index in [2.05, 4.69) is 11.9 Å². The number of fused-ring (bicyclic) bond motifs is 1. The van der Waals surface area contributed by atoms with Crippen LogP contribution in [-0.4, -0.2) is 34.6 Å². The Morgan fingerprint density at radius 1 is 1.24 bits per heavy atom. The molecule has 4 rings (SSSR count). The van der Waals surface area contributed by atoms with Gasteiger partial charge in [-0.05, 0) is 54.8 Å². The van der Waals surface area contributed by atoms with E-state index in [9.17, 15) is 9.59 Å². The van der Waals surface area contributed by atoms with Crippen LogP contribution in [0.25, 0.3) is 0 Å². The van der Waals surface area contributed by atoms with Gasteiger partial charge in [-0.15, -0.1) is 0 Å². The molecule has 0 fully saturated rings. The Labute approximate surface area is 197 Å². The Bertz CT molecular complexity index is 1120. The lowest BCUT2D eigenvalue weighted by molar-refractivity contribution is -0.126. The molecule has 0 aliphatic carbocycles. The van der Waals surface area contributed by atoms with E-state index in [4.69, 9.17) is 21.1 Å². The zero-order valence-corrected chi connectivity index (χ0v) is 19.4. The van der Waals surface area contributed by atoms with Crippen LogP contribution in [0.5, 0.6) is 5.75 Å². The molecule has 1 aliphatic heterocycles. The molecule has 0 saturated carbocycles. The Balaban J connectivity index is 1.61. The van der Waals surface area contributed by atoms with Crippen molar-refractivity contribution in [3.8, 4) is 5.75 Å². The number of amides is 1. The van der Waals surface area contributed by atoms with Gasteiger partial charge in [0.25, 0.3) is 5.91 Å². The molecule has 33 heavy (non-hydrogen) atoms. The fourth-order valence-corrected chi connectivity index (χ4v) is 3.91. The average Bonchev–Trinajstić information content (AvgIpc) is 3.33. The number of ether oxygens (including phenoxy) is 2. The minimum absolute atomic E-state index is 0.0718. The van der Waals surface area contributed by atoms with Crippen LogP contribution in [-0.2, 0) is 16.1 Å². The number of halogens is 1. The summed E-state index contributed by atoms with van der Waals surface area (Å²) in [6, 6.07) is 12.1. The van der Waals surface area contributed by atoms with Crippen molar-refractivity contribution in [2.45, 2.75) is 44.9 Å². The SMILES string of the molecule is CCCCC1Oc2ccc(C(Cn3ccnc3)OC(=O)c3ccc(Cl)cc3)cc2N(C)C1=O. The number of hydrogen-bond acceptors (Lipinski definition) is 5. The van der Waals surface area contributed by atoms with Crippen molar-refractivity contribution in [2.24, 2.45) is 0 Å². The monoisotopic (exact) mass is 467 g/mol. The van der Waals surface area contributed by atoms with Crippen LogP contribution in [0, 0.1) is 0 Å². The van der Waals surface area contributed by atoms with Gasteiger partial charge in [0.2, 0.25) is 0 Å². The van der Waals surface area contributed by atoms with Crippen LogP contribution in [0.15, 0.2) is 61.2 Å². The summed E-state index contributed by atoms with van der Waals surface area (Å²) in [4.78, 5) is 31.4. The summed E-state index contributed by atoms with van der Waals surface area (Å²) in [6.45, 7) is 2.46. The van der Waals surface area contributed by atoms with E-state index in [1.54, 1.807) is 54.9 Å². The third-order valence-electron chi connectivity index (χ3n) is 5.68. The van der Waals surface area contributed by atoms with Gasteiger partial charge in [0.05, 0.1) is 24.1 Å². The zero-order chi connectivity index (χ0) is 23.4. The molecule has 2 aromatic carbocycles. The first-order chi connectivity index (χ1) is 16.0. The quantitative estimate of drug-likeness (QED) is 0.433. The molecule has 0 radical (unpaired) electrons. The highest BCUT2D eigenvalue weighted by atomic mass is 35.5. The summed E-state index contributed by atoms with van der Waals surface area (Å²) in [7, 11) is 1.75. The van der Waals surface area contributed by atoms with Gasteiger partial charge in [0.1, 0.15) is 11.9 Å². The largest absolute Gasteiger partial charge is 0.478 e. The Morgan fingerprint density at radius 3 is 2.73 bits per heavy atom. The van der Waals surface area contributed by atoms with Gasteiger partial charge in [-0.3, -0.25) is 4.79 Å². The van der Waals surface area contributed by atoms with Crippen molar-refractivity contribution < 1.29 is 19.1 Å². The third kappa shape index (κ3) is 5.20. The topological polar surface area (TPSA) is 73.7 Å². The zero-order valence-electron chi connectivity index (χ0n) is 18.6. The number of hydrogen-bond donors (Lipinski definition) is 0. The van der Waals surface area contributed by atoms with Crippen molar-refractivity contribution in [1.82, 2.24) is 9.55 Å². The standard InChI is InChI=1S/C25H26ClN3O4/c1-3-4-5-22-24(30)28(2)20-14-18(8-11-21(20)32-22)23(15-29-13-12-27-16-29)33-25(31)17-6-9-19(26)10-7-17/h6-14,16,22-23H,3-5,15H2,1-2H3. The molecular weight excluding hydrogens is 442 g/mol. The lowest BCUT2D eigenvalue weighted by Crippen LogP contribution is -2.43. The highest BCUT2D eigenvalue weighted by molar-refractivity contribution is 6.30. The lowest BCUT2D eigenvalue weighted by atomic mass is 10.0. The minimum atomic E-state index is -0.603. The minimum Gasteiger partial charge on any atom is -0.478 e. The van der Waals surface area contributed by atoms with Gasteiger partial charge in [-0.1, -0.05) is 31.0 Å². The number of esters is 1. The molecule has 3 aromatic rings. The maximum absolute atomic E-state index is 12.8. The van der Waals surface area contributed by atoms with Crippen molar-refractivity contribution in [2.75, 3.05) is 11.9 Å². The van der Waals surface area contributed by atoms with Crippen LogP contribution >= 0.6 is 11.6 Å². The lowest BCUT2D eigenvalue weighted by Gasteiger charge is -2.33. The van der Waals surface area contributed by atoms with E-state index in [0.29, 0.717) is 35.0 Å². The summed E-state index contributed by atoms with van der Waals surface area (Å²) in [5.74, 6) is 0.111. The molecule has 1 amide bonds. The molecule has 8 heteroatoms. The predicted octanol–water partition coefficient (Wildman–Crippen LogP) is 5.05. The first kappa shape index (κ1) is 22.9. The van der Waals surface area contributed by atoms with Crippen molar-refractivity contribution >= 4 is 29.2 Å². The number of aromatic nitrogens is 2. The fraction of sp³-hybridized carbons (Fsp3) is 0.320. The second-order valence-electron chi connectivity index (χ2n) is 8.03. The van der Waals surface area contributed by atoms with E-state index < -0.39 is 18.2 Å². The van der Waals surface area contributed by atoms with E-state index >= 15 is 0 Å². The Hall–Kier alpha value is -3.32. The van der Waals surface area contributed by atoms with Crippen molar-refractivity contribution in [3.63, 3.8) is 0 Å². The van der Waals surface area contributed by atoms with E-state index in [1.165, 1.54) is 0 Å². The smallest absolute Gasteiger partial charge is 0.338 e. The molecule has 7 nitrogen and oxygen atoms in total. The molecule has 2 atom stereocenters. The van der Waals surface area contributed by atoms with E-state index in [1.807, 2.05) is 22.8 Å². The molecule has 0 spiro atoms. The summed E-state index contributed by atoms with van der Waals surface area (Å²) in [5, 5.41) is 0.543. The van der Waals surface area contributed by atoms with Crippen LogP contribution in [0.2, 0.25) is 5.02 Å². The second-order valence-corrected chi connectivity index (χ2v) is 8.47. The number of carbonyl (C=O) groups is 2. The molecule has 2 unspecified atom stereocenters. The normalized spacial score (nSPS) is 16.2. The summed E-state index contributed by atoms with van der Waals surface area (Å²) >= 11 is 5.94. The molecular formula is C25H26ClN3O4. The van der Waals surface area contributed by atoms with Gasteiger partial charge in [-0.25, -0.2) is 9.78 Å². The third-order valence-corrected chi connectivity index (χ3v) is 5.93. The van der Waals surface area contributed by atoms with Crippen LogP contribution in [0.1, 0.15) is 48.2 Å². The van der Waals surface area contributed by atoms with E-state index in [-0.39, 0.29) is 5.91 Å². The molecule has 0 saturated heterocycles. The second kappa shape index (κ2) is 10.1. The average molecular weight is 468 g/mol. The van der Waals surface area contributed by atoms with Crippen molar-refractivity contribution in [1.29, 1.82) is 0 Å². The number of unbranched alkanes of at least 4 members (excludes halogenated alkanes) is 1. The van der Waals surface area contributed by atoms with Crippen LogP contribution < -0.4 is 9.64 Å². The first-order valence-electron chi connectivity index (χ1n) is 11.0. The number of anilines is 1. The van der Waals surface area contributed by atoms with Crippen molar-refractivity contribution in [3.05, 3.63) is 77.3 Å². The molecule has 1 aromatic heterocycles. The highest BCUT2D eigenvalue weighted by Gasteiger charge is 2.32. The number of likely N-dealkylation sites (N-methyl/N-ethyl adjacent to an activating group) is 1. The van der Waals surface area contributed by atoms with Gasteiger partial charge < -0.3 is 18.9 Å². The number of rotatable bonds is 8. The Morgan fingerprint density at radius 2 is 2.03 bits per heavy atom. The predicted molar refractivity (Wildman–Crippen MR) is 126 cm³/mol. The van der Waals surface area contributed by atoms with Gasteiger partial charge in [0.15, 0.2) is 6.10 Å². The molecule has 0 N–H and O–H groups in total. The first-order valence-corrected chi connectivity index (χ1v) is 11.3. The van der Waals surface area contributed by atoms with E-state index in [0.717, 1.165) is 18.4 Å². The molecule has 172 valence electrons. The summed E-state index contributed by atoms with van der Waals surface area (Å²) < 4.78 is 13.7. The molecule has 0 bridgehead atoms. The maximum atomic E-state index is 12.8. The van der Waals surface area contributed by atoms with Crippen LogP contribution in [0.3, 0.4) is 0 Å².